The van der Waals surface area contributed by atoms with E-state index >= 15 is 0 Å². The summed E-state index contributed by atoms with van der Waals surface area (Å²) in [5.41, 5.74) is 7.86. The van der Waals surface area contributed by atoms with E-state index in [0.717, 1.165) is 37.8 Å². The molecule has 0 aliphatic heterocycles. The van der Waals surface area contributed by atoms with Crippen molar-refractivity contribution in [2.24, 2.45) is 0 Å². The molecule has 0 unspecified atom stereocenters. The van der Waals surface area contributed by atoms with E-state index in [1.54, 1.807) is 0 Å². The maximum Gasteiger partial charge on any atom is 0.274 e. The van der Waals surface area contributed by atoms with Crippen molar-refractivity contribution in [3.05, 3.63) is 11.4 Å². The smallest absolute Gasteiger partial charge is 0.274 e. The highest BCUT2D eigenvalue weighted by atomic mass is 16.2. The number of amides is 1. The number of nitrogen functional groups attached to an aromatic ring is 1. The number of nitrogens with one attached hydrogen (secondary N) is 2. The zero-order valence-electron chi connectivity index (χ0n) is 10.8. The molecular weight excluding hydrogens is 228 g/mol. The number of anilines is 1. The van der Waals surface area contributed by atoms with E-state index in [4.69, 9.17) is 5.73 Å². The molecule has 18 heavy (non-hydrogen) atoms. The number of aromatic nitrogens is 2. The summed E-state index contributed by atoms with van der Waals surface area (Å²) in [6, 6.07) is 0. The van der Waals surface area contributed by atoms with Crippen LogP contribution in [0.3, 0.4) is 0 Å². The van der Waals surface area contributed by atoms with E-state index < -0.39 is 0 Å². The van der Waals surface area contributed by atoms with Crippen LogP contribution >= 0.6 is 0 Å². The minimum atomic E-state index is -0.128. The Balaban J connectivity index is 1.75. The summed E-state index contributed by atoms with van der Waals surface area (Å²) in [5, 5.41) is 10.1. The molecule has 2 fully saturated rings. The Morgan fingerprint density at radius 1 is 1.56 bits per heavy atom. The Morgan fingerprint density at radius 2 is 2.28 bits per heavy atom. The van der Waals surface area contributed by atoms with Crippen molar-refractivity contribution in [2.45, 2.75) is 56.9 Å². The third kappa shape index (κ3) is 1.78. The molecular formula is C13H20N4O. The van der Waals surface area contributed by atoms with Gasteiger partial charge in [0.1, 0.15) is 0 Å². The predicted molar refractivity (Wildman–Crippen MR) is 69.3 cm³/mol. The van der Waals surface area contributed by atoms with Gasteiger partial charge in [0.15, 0.2) is 5.69 Å². The van der Waals surface area contributed by atoms with Crippen LogP contribution in [0, 0.1) is 0 Å². The second-order valence-electron chi connectivity index (χ2n) is 5.62. The molecule has 0 aromatic carbocycles. The molecule has 0 saturated heterocycles. The second-order valence-corrected chi connectivity index (χ2v) is 5.62. The Hall–Kier alpha value is -1.52. The topological polar surface area (TPSA) is 83.8 Å². The lowest BCUT2D eigenvalue weighted by Gasteiger charge is -2.41. The zero-order chi connectivity index (χ0) is 12.8. The lowest BCUT2D eigenvalue weighted by atomic mass is 9.75. The number of carbonyl (C=O) groups excluding carboxylic acids is 1. The summed E-state index contributed by atoms with van der Waals surface area (Å²) in [6.45, 7) is 2.11. The number of carbonyl (C=O) groups is 1. The summed E-state index contributed by atoms with van der Waals surface area (Å²) in [7, 11) is 0. The standard InChI is InChI=1S/C13H20N4O/c1-2-13(6-3-7-13)15-12(18)11-9(14)10(16-17-11)8-4-5-8/h8H,2-7,14H2,1H3,(H,15,18)(H,16,17). The third-order valence-corrected chi connectivity index (χ3v) is 4.40. The fraction of sp³-hybridized carbons (Fsp3) is 0.692. The number of H-pyrrole nitrogens is 1. The fourth-order valence-corrected chi connectivity index (χ4v) is 2.69. The second kappa shape index (κ2) is 4.00. The Bertz CT molecular complexity index is 466. The molecule has 0 radical (unpaired) electrons. The molecule has 98 valence electrons. The number of nitrogens with two attached hydrogens (primary N) is 1. The zero-order valence-corrected chi connectivity index (χ0v) is 10.8. The molecule has 3 rings (SSSR count). The highest BCUT2D eigenvalue weighted by Crippen LogP contribution is 2.42. The minimum absolute atomic E-state index is 0.0117. The quantitative estimate of drug-likeness (QED) is 0.761. The molecule has 0 spiro atoms. The number of rotatable bonds is 4. The van der Waals surface area contributed by atoms with Gasteiger partial charge >= 0.3 is 0 Å². The first-order valence-electron chi connectivity index (χ1n) is 6.81. The first-order valence-corrected chi connectivity index (χ1v) is 6.81. The number of hydrogen-bond donors (Lipinski definition) is 3. The lowest BCUT2D eigenvalue weighted by molar-refractivity contribution is 0.0816. The Kier molecular flexibility index (Phi) is 2.57. The van der Waals surface area contributed by atoms with Crippen LogP contribution < -0.4 is 11.1 Å². The normalized spacial score (nSPS) is 21.4. The van der Waals surface area contributed by atoms with Gasteiger partial charge in [0.05, 0.1) is 11.4 Å². The van der Waals surface area contributed by atoms with Gasteiger partial charge in [-0.2, -0.15) is 5.10 Å². The minimum Gasteiger partial charge on any atom is -0.395 e. The molecule has 2 aliphatic carbocycles. The summed E-state index contributed by atoms with van der Waals surface area (Å²) in [5.74, 6) is 0.361. The van der Waals surface area contributed by atoms with Crippen molar-refractivity contribution in [3.63, 3.8) is 0 Å². The molecule has 2 aliphatic rings. The van der Waals surface area contributed by atoms with Crippen LogP contribution in [0.25, 0.3) is 0 Å². The molecule has 1 aromatic rings. The van der Waals surface area contributed by atoms with Crippen LogP contribution in [-0.2, 0) is 0 Å². The SMILES string of the molecule is CCC1(NC(=O)c2n[nH]c(C3CC3)c2N)CCC1. The summed E-state index contributed by atoms with van der Waals surface area (Å²) >= 11 is 0. The van der Waals surface area contributed by atoms with E-state index in [1.165, 1.54) is 6.42 Å². The van der Waals surface area contributed by atoms with Crippen molar-refractivity contribution in [1.82, 2.24) is 15.5 Å². The molecule has 2 saturated carbocycles. The molecule has 1 amide bonds. The number of hydrogen-bond acceptors (Lipinski definition) is 3. The maximum atomic E-state index is 12.2. The van der Waals surface area contributed by atoms with Gasteiger partial charge in [-0.1, -0.05) is 6.92 Å². The Labute approximate surface area is 107 Å². The molecule has 1 aromatic heterocycles. The molecule has 4 N–H and O–H groups in total. The highest BCUT2D eigenvalue weighted by Gasteiger charge is 2.38. The summed E-state index contributed by atoms with van der Waals surface area (Å²) in [6.07, 6.45) is 6.58. The van der Waals surface area contributed by atoms with Gasteiger partial charge < -0.3 is 11.1 Å². The van der Waals surface area contributed by atoms with Gasteiger partial charge in [0.25, 0.3) is 5.91 Å². The van der Waals surface area contributed by atoms with Gasteiger partial charge in [-0.05, 0) is 38.5 Å². The van der Waals surface area contributed by atoms with Gasteiger partial charge in [-0.3, -0.25) is 9.89 Å². The predicted octanol–water partition coefficient (Wildman–Crippen LogP) is 1.93. The first-order chi connectivity index (χ1) is 8.65. The first kappa shape index (κ1) is 11.6. The molecule has 0 atom stereocenters. The third-order valence-electron chi connectivity index (χ3n) is 4.40. The van der Waals surface area contributed by atoms with Crippen LogP contribution in [-0.4, -0.2) is 21.6 Å². The van der Waals surface area contributed by atoms with Crippen LogP contribution in [0.1, 0.15) is 67.5 Å². The van der Waals surface area contributed by atoms with Crippen LogP contribution in [0.2, 0.25) is 0 Å². The van der Waals surface area contributed by atoms with Crippen LogP contribution in [0.15, 0.2) is 0 Å². The van der Waals surface area contributed by atoms with Gasteiger partial charge in [0.2, 0.25) is 0 Å². The average Bonchev–Trinajstić information content (AvgIpc) is 3.07. The van der Waals surface area contributed by atoms with Gasteiger partial charge in [0, 0.05) is 11.5 Å². The van der Waals surface area contributed by atoms with E-state index in [1.807, 2.05) is 0 Å². The largest absolute Gasteiger partial charge is 0.395 e. The number of nitrogens with zero attached hydrogens (tertiary/aromatic N) is 1. The van der Waals surface area contributed by atoms with E-state index in [-0.39, 0.29) is 11.4 Å². The monoisotopic (exact) mass is 248 g/mol. The van der Waals surface area contributed by atoms with Crippen molar-refractivity contribution in [1.29, 1.82) is 0 Å². The molecule has 5 heteroatoms. The summed E-state index contributed by atoms with van der Waals surface area (Å²) < 4.78 is 0. The Morgan fingerprint density at radius 3 is 2.78 bits per heavy atom. The van der Waals surface area contributed by atoms with Crippen molar-refractivity contribution in [2.75, 3.05) is 5.73 Å². The van der Waals surface area contributed by atoms with Crippen molar-refractivity contribution < 1.29 is 4.79 Å². The summed E-state index contributed by atoms with van der Waals surface area (Å²) in [4.78, 5) is 12.2. The molecule has 1 heterocycles. The fourth-order valence-electron chi connectivity index (χ4n) is 2.69. The van der Waals surface area contributed by atoms with Gasteiger partial charge in [-0.15, -0.1) is 0 Å². The van der Waals surface area contributed by atoms with Crippen LogP contribution in [0.4, 0.5) is 5.69 Å². The maximum absolute atomic E-state index is 12.2. The van der Waals surface area contributed by atoms with Crippen molar-refractivity contribution >= 4 is 11.6 Å². The number of aromatic amines is 1. The van der Waals surface area contributed by atoms with E-state index in [9.17, 15) is 4.79 Å². The van der Waals surface area contributed by atoms with E-state index in [0.29, 0.717) is 17.3 Å². The van der Waals surface area contributed by atoms with Crippen LogP contribution in [0.5, 0.6) is 0 Å². The average molecular weight is 248 g/mol. The molecule has 0 bridgehead atoms. The van der Waals surface area contributed by atoms with Gasteiger partial charge in [-0.25, -0.2) is 0 Å². The van der Waals surface area contributed by atoms with Crippen molar-refractivity contribution in [3.8, 4) is 0 Å². The highest BCUT2D eigenvalue weighted by molar-refractivity contribution is 5.98. The lowest BCUT2D eigenvalue weighted by Crippen LogP contribution is -2.53. The molecule has 5 nitrogen and oxygen atoms in total. The van der Waals surface area contributed by atoms with E-state index in [2.05, 4.69) is 22.4 Å².